The molecule has 0 aliphatic heterocycles. The minimum atomic E-state index is 1.18. The van der Waals surface area contributed by atoms with E-state index >= 15 is 0 Å². The maximum Gasteiger partial charge on any atom is -0.0152 e. The lowest BCUT2D eigenvalue weighted by molar-refractivity contribution is 0.726. The second-order valence-electron chi connectivity index (χ2n) is 5.50. The molecule has 0 aliphatic rings. The van der Waals surface area contributed by atoms with E-state index in [0.29, 0.717) is 0 Å². The van der Waals surface area contributed by atoms with Gasteiger partial charge in [0, 0.05) is 0 Å². The second-order valence-corrected chi connectivity index (χ2v) is 5.50. The fourth-order valence-electron chi connectivity index (χ4n) is 2.67. The van der Waals surface area contributed by atoms with Crippen LogP contribution in [0.3, 0.4) is 0 Å². The van der Waals surface area contributed by atoms with Crippen LogP contribution < -0.4 is 0 Å². The van der Waals surface area contributed by atoms with Crippen LogP contribution in [0.2, 0.25) is 0 Å². The number of unbranched alkanes of at least 4 members (excludes halogenated alkanes) is 4. The molecule has 0 aliphatic carbocycles. The second kappa shape index (κ2) is 8.58. The van der Waals surface area contributed by atoms with E-state index in [9.17, 15) is 0 Å². The van der Waals surface area contributed by atoms with Crippen molar-refractivity contribution in [1.29, 1.82) is 0 Å². The minimum absolute atomic E-state index is 1.18. The molecule has 0 amide bonds. The Morgan fingerprint density at radius 2 is 1.55 bits per heavy atom. The van der Waals surface area contributed by atoms with Crippen LogP contribution in [0.5, 0.6) is 0 Å². The van der Waals surface area contributed by atoms with E-state index in [2.05, 4.69) is 61.5 Å². The fraction of sp³-hybridized carbons (Fsp3) is 0.400. The first-order valence-electron chi connectivity index (χ1n) is 8.03. The van der Waals surface area contributed by atoms with E-state index < -0.39 is 0 Å². The lowest BCUT2D eigenvalue weighted by Crippen LogP contribution is -1.86. The predicted octanol–water partition coefficient (Wildman–Crippen LogP) is 6.30. The van der Waals surface area contributed by atoms with Gasteiger partial charge in [0.25, 0.3) is 0 Å². The average Bonchev–Trinajstić information content (AvgIpc) is 2.50. The van der Waals surface area contributed by atoms with Gasteiger partial charge in [0.05, 0.1) is 0 Å². The smallest absolute Gasteiger partial charge is 0.0152 e. The minimum Gasteiger partial charge on any atom is -0.0885 e. The zero-order valence-corrected chi connectivity index (χ0v) is 12.6. The van der Waals surface area contributed by atoms with Gasteiger partial charge in [-0.25, -0.2) is 0 Å². The fourth-order valence-corrected chi connectivity index (χ4v) is 2.67. The molecule has 2 rings (SSSR count). The van der Waals surface area contributed by atoms with Gasteiger partial charge in [0.2, 0.25) is 0 Å². The van der Waals surface area contributed by atoms with Crippen molar-refractivity contribution in [2.24, 2.45) is 0 Å². The monoisotopic (exact) mass is 266 g/mol. The normalized spacial score (nSPS) is 11.4. The van der Waals surface area contributed by atoms with E-state index in [1.807, 2.05) is 0 Å². The largest absolute Gasteiger partial charge is 0.0885 e. The summed E-state index contributed by atoms with van der Waals surface area (Å²) < 4.78 is 0. The Labute approximate surface area is 123 Å². The number of rotatable bonds is 8. The molecule has 0 fully saturated rings. The van der Waals surface area contributed by atoms with Gasteiger partial charge in [0.15, 0.2) is 0 Å². The van der Waals surface area contributed by atoms with Crippen LogP contribution in [-0.4, -0.2) is 0 Å². The summed E-state index contributed by atoms with van der Waals surface area (Å²) in [5, 5.41) is 2.78. The zero-order valence-electron chi connectivity index (χ0n) is 12.6. The van der Waals surface area contributed by atoms with E-state index in [4.69, 9.17) is 0 Å². The summed E-state index contributed by atoms with van der Waals surface area (Å²) in [4.78, 5) is 0. The highest BCUT2D eigenvalue weighted by atomic mass is 14.0. The van der Waals surface area contributed by atoms with Crippen molar-refractivity contribution < 1.29 is 0 Å². The number of allylic oxidation sites excluding steroid dienone is 2. The van der Waals surface area contributed by atoms with Crippen molar-refractivity contribution >= 4 is 10.8 Å². The van der Waals surface area contributed by atoms with Crippen LogP contribution >= 0.6 is 0 Å². The molecule has 0 nitrogen and oxygen atoms in total. The molecule has 2 aromatic carbocycles. The molecule has 0 heteroatoms. The molecule has 0 aromatic heterocycles. The van der Waals surface area contributed by atoms with Crippen molar-refractivity contribution in [3.05, 3.63) is 60.2 Å². The molecule has 106 valence electrons. The molecule has 0 spiro atoms. The quantitative estimate of drug-likeness (QED) is 0.388. The van der Waals surface area contributed by atoms with Crippen LogP contribution in [0.4, 0.5) is 0 Å². The first kappa shape index (κ1) is 14.8. The molecule has 0 radical (unpaired) electrons. The summed E-state index contributed by atoms with van der Waals surface area (Å²) in [5.74, 6) is 0. The average molecular weight is 266 g/mol. The van der Waals surface area contributed by atoms with Crippen molar-refractivity contribution in [1.82, 2.24) is 0 Å². The molecule has 0 atom stereocenters. The van der Waals surface area contributed by atoms with Crippen molar-refractivity contribution in [2.75, 3.05) is 0 Å². The molecule has 0 unspecified atom stereocenters. The summed E-state index contributed by atoms with van der Waals surface area (Å²) in [7, 11) is 0. The van der Waals surface area contributed by atoms with Gasteiger partial charge in [-0.1, -0.05) is 74.4 Å². The highest BCUT2D eigenvalue weighted by molar-refractivity contribution is 5.85. The maximum absolute atomic E-state index is 2.36. The van der Waals surface area contributed by atoms with Crippen LogP contribution in [0, 0.1) is 0 Å². The molecule has 2 aromatic rings. The number of hydrogen-bond donors (Lipinski definition) is 0. The molecule has 0 saturated heterocycles. The number of aryl methyl sites for hydroxylation is 1. The molecular weight excluding hydrogens is 240 g/mol. The standard InChI is InChI=1S/C20H26/c1-2-3-4-5-6-7-8-9-13-18-15-12-16-19-14-10-11-17-20(18)19/h6-7,10-12,14-17H,2-5,8-9,13H2,1H3/b7-6+. The van der Waals surface area contributed by atoms with E-state index in [-0.39, 0.29) is 0 Å². The van der Waals surface area contributed by atoms with Crippen LogP contribution in [0.1, 0.15) is 51.0 Å². The highest BCUT2D eigenvalue weighted by Crippen LogP contribution is 2.20. The summed E-state index contributed by atoms with van der Waals surface area (Å²) in [6, 6.07) is 15.3. The van der Waals surface area contributed by atoms with Crippen LogP contribution in [-0.2, 0) is 6.42 Å². The number of fused-ring (bicyclic) bond motifs is 1. The van der Waals surface area contributed by atoms with Crippen molar-refractivity contribution in [2.45, 2.75) is 51.9 Å². The third-order valence-electron chi connectivity index (χ3n) is 3.84. The van der Waals surface area contributed by atoms with Gasteiger partial charge >= 0.3 is 0 Å². The molecule has 20 heavy (non-hydrogen) atoms. The van der Waals surface area contributed by atoms with Crippen molar-refractivity contribution in [3.8, 4) is 0 Å². The third kappa shape index (κ3) is 4.52. The molecule has 0 N–H and O–H groups in total. The van der Waals surface area contributed by atoms with Crippen molar-refractivity contribution in [3.63, 3.8) is 0 Å². The Bertz CT molecular complexity index is 531. The Balaban J connectivity index is 1.79. The van der Waals surface area contributed by atoms with Gasteiger partial charge in [-0.2, -0.15) is 0 Å². The molecular formula is C20H26. The molecule has 0 bridgehead atoms. The Kier molecular flexibility index (Phi) is 6.37. The van der Waals surface area contributed by atoms with E-state index in [1.54, 1.807) is 0 Å². The highest BCUT2D eigenvalue weighted by Gasteiger charge is 1.99. The summed E-state index contributed by atoms with van der Waals surface area (Å²) in [6.07, 6.45) is 13.6. The molecule has 0 heterocycles. The summed E-state index contributed by atoms with van der Waals surface area (Å²) in [6.45, 7) is 2.26. The first-order valence-corrected chi connectivity index (χ1v) is 8.03. The van der Waals surface area contributed by atoms with E-state index in [0.717, 1.165) is 0 Å². The Morgan fingerprint density at radius 1 is 0.800 bits per heavy atom. The topological polar surface area (TPSA) is 0 Å². The lowest BCUT2D eigenvalue weighted by atomic mass is 10.00. The lowest BCUT2D eigenvalue weighted by Gasteiger charge is -2.05. The Morgan fingerprint density at radius 3 is 2.40 bits per heavy atom. The van der Waals surface area contributed by atoms with Gasteiger partial charge in [0.1, 0.15) is 0 Å². The maximum atomic E-state index is 2.36. The predicted molar refractivity (Wildman–Crippen MR) is 90.2 cm³/mol. The number of benzene rings is 2. The van der Waals surface area contributed by atoms with Gasteiger partial charge in [-0.15, -0.1) is 0 Å². The van der Waals surface area contributed by atoms with Crippen LogP contribution in [0.15, 0.2) is 54.6 Å². The van der Waals surface area contributed by atoms with Gasteiger partial charge < -0.3 is 0 Å². The summed E-state index contributed by atoms with van der Waals surface area (Å²) in [5.41, 5.74) is 1.49. The third-order valence-corrected chi connectivity index (χ3v) is 3.84. The van der Waals surface area contributed by atoms with Gasteiger partial charge in [-0.05, 0) is 48.4 Å². The number of hydrogen-bond acceptors (Lipinski definition) is 0. The SMILES string of the molecule is CCCCC/C=C/CCCc1cccc2ccccc12. The van der Waals surface area contributed by atoms with E-state index in [1.165, 1.54) is 61.3 Å². The van der Waals surface area contributed by atoms with Crippen LogP contribution in [0.25, 0.3) is 10.8 Å². The van der Waals surface area contributed by atoms with Gasteiger partial charge in [-0.3, -0.25) is 0 Å². The first-order chi connectivity index (χ1) is 9.92. The Hall–Kier alpha value is -1.56. The molecule has 0 saturated carbocycles. The zero-order chi connectivity index (χ0) is 14.0. The summed E-state index contributed by atoms with van der Waals surface area (Å²) >= 11 is 0.